The molecule has 0 bridgehead atoms. The summed E-state index contributed by atoms with van der Waals surface area (Å²) in [5, 5.41) is 2.78. The normalized spacial score (nSPS) is 11.9. The topological polar surface area (TPSA) is 86.8 Å². The van der Waals surface area contributed by atoms with Crippen LogP contribution in [0.25, 0.3) is 0 Å². The Morgan fingerprint density at radius 1 is 0.833 bits per heavy atom. The van der Waals surface area contributed by atoms with E-state index in [2.05, 4.69) is 21.2 Å². The lowest BCUT2D eigenvalue weighted by Gasteiger charge is -2.33. The van der Waals surface area contributed by atoms with Crippen molar-refractivity contribution >= 4 is 66.7 Å². The van der Waals surface area contributed by atoms with Gasteiger partial charge in [0.1, 0.15) is 12.6 Å². The fraction of sp³-hybridized carbons (Fsp3) is 0.161. The van der Waals surface area contributed by atoms with E-state index < -0.39 is 28.5 Å². The molecule has 0 unspecified atom stereocenters. The molecule has 0 saturated carbocycles. The number of sulfonamides is 1. The quantitative estimate of drug-likeness (QED) is 0.199. The smallest absolute Gasteiger partial charge is 0.264 e. The Morgan fingerprint density at radius 3 is 2.07 bits per heavy atom. The van der Waals surface area contributed by atoms with E-state index in [0.29, 0.717) is 0 Å². The zero-order valence-corrected chi connectivity index (χ0v) is 26.5. The average molecular weight is 689 g/mol. The van der Waals surface area contributed by atoms with Gasteiger partial charge in [-0.25, -0.2) is 8.42 Å². The van der Waals surface area contributed by atoms with Gasteiger partial charge in [-0.3, -0.25) is 13.9 Å². The highest BCUT2D eigenvalue weighted by molar-refractivity contribution is 9.10. The van der Waals surface area contributed by atoms with Crippen LogP contribution in [0.15, 0.2) is 112 Å². The number of nitrogens with zero attached hydrogens (tertiary/aromatic N) is 2. The molecule has 42 heavy (non-hydrogen) atoms. The van der Waals surface area contributed by atoms with Gasteiger partial charge in [-0.1, -0.05) is 106 Å². The molecule has 0 aromatic heterocycles. The molecule has 0 aliphatic heterocycles. The minimum Gasteiger partial charge on any atom is -0.357 e. The van der Waals surface area contributed by atoms with Crippen LogP contribution in [0.2, 0.25) is 10.0 Å². The molecule has 4 aromatic carbocycles. The number of likely N-dealkylation sites (N-methyl/N-ethyl adjacent to an activating group) is 1. The monoisotopic (exact) mass is 687 g/mol. The first-order chi connectivity index (χ1) is 20.1. The lowest BCUT2D eigenvalue weighted by atomic mass is 10.0. The van der Waals surface area contributed by atoms with Crippen molar-refractivity contribution in [3.8, 4) is 0 Å². The van der Waals surface area contributed by atoms with E-state index in [0.717, 1.165) is 19.9 Å². The molecular weight excluding hydrogens is 661 g/mol. The van der Waals surface area contributed by atoms with Crippen LogP contribution in [-0.2, 0) is 32.6 Å². The molecule has 0 saturated heterocycles. The van der Waals surface area contributed by atoms with Crippen molar-refractivity contribution in [2.75, 3.05) is 17.9 Å². The summed E-state index contributed by atoms with van der Waals surface area (Å²) in [5.74, 6) is -0.986. The number of anilines is 1. The van der Waals surface area contributed by atoms with Crippen LogP contribution in [0.5, 0.6) is 0 Å². The van der Waals surface area contributed by atoms with Crippen LogP contribution in [0, 0.1) is 0 Å². The number of carbonyl (C=O) groups is 2. The van der Waals surface area contributed by atoms with Crippen LogP contribution in [0.3, 0.4) is 0 Å². The Labute approximate surface area is 264 Å². The van der Waals surface area contributed by atoms with Gasteiger partial charge in [-0.15, -0.1) is 0 Å². The molecule has 2 amide bonds. The van der Waals surface area contributed by atoms with Gasteiger partial charge in [0.05, 0.1) is 20.6 Å². The summed E-state index contributed by atoms with van der Waals surface area (Å²) in [6.07, 6.45) is 0.214. The minimum atomic E-state index is -4.27. The first-order valence-electron chi connectivity index (χ1n) is 12.9. The SMILES string of the molecule is CNC(=O)[C@H](Cc1ccccc1)N(Cc1ccc(Br)cc1)C(=O)CN(c1cccc(Cl)c1Cl)S(=O)(=O)c1ccccc1. The van der Waals surface area contributed by atoms with E-state index in [4.69, 9.17) is 23.2 Å². The Balaban J connectivity index is 1.81. The highest BCUT2D eigenvalue weighted by Crippen LogP contribution is 2.35. The number of hydrogen-bond acceptors (Lipinski definition) is 4. The molecule has 0 aliphatic rings. The predicted molar refractivity (Wildman–Crippen MR) is 170 cm³/mol. The maximum atomic E-state index is 14.3. The summed E-state index contributed by atoms with van der Waals surface area (Å²) in [6.45, 7) is -0.574. The van der Waals surface area contributed by atoms with Crippen LogP contribution in [0.1, 0.15) is 11.1 Å². The lowest BCUT2D eigenvalue weighted by molar-refractivity contribution is -0.139. The fourth-order valence-corrected chi connectivity index (χ4v) is 6.58. The molecule has 0 spiro atoms. The van der Waals surface area contributed by atoms with Gasteiger partial charge in [0.2, 0.25) is 11.8 Å². The summed E-state index contributed by atoms with van der Waals surface area (Å²) in [4.78, 5) is 29.0. The summed E-state index contributed by atoms with van der Waals surface area (Å²) in [6, 6.07) is 28.0. The molecule has 7 nitrogen and oxygen atoms in total. The van der Waals surface area contributed by atoms with Crippen molar-refractivity contribution in [2.45, 2.75) is 23.9 Å². The fourth-order valence-electron chi connectivity index (χ4n) is 4.43. The molecule has 1 atom stereocenters. The van der Waals surface area contributed by atoms with Gasteiger partial charge in [-0.05, 0) is 47.5 Å². The molecule has 218 valence electrons. The minimum absolute atomic E-state index is 0.0157. The van der Waals surface area contributed by atoms with E-state index in [1.165, 1.54) is 36.2 Å². The van der Waals surface area contributed by atoms with Gasteiger partial charge in [0.15, 0.2) is 0 Å². The second-order valence-corrected chi connectivity index (χ2v) is 12.9. The molecule has 4 aromatic rings. The molecule has 11 heteroatoms. The van der Waals surface area contributed by atoms with Crippen LogP contribution in [-0.4, -0.2) is 44.8 Å². The number of carbonyl (C=O) groups excluding carboxylic acids is 2. The zero-order chi connectivity index (χ0) is 30.3. The number of amides is 2. The van der Waals surface area contributed by atoms with Crippen molar-refractivity contribution in [3.05, 3.63) is 129 Å². The third-order valence-corrected chi connectivity index (χ3v) is 9.71. The largest absolute Gasteiger partial charge is 0.357 e. The molecule has 0 heterocycles. The average Bonchev–Trinajstić information content (AvgIpc) is 3.00. The van der Waals surface area contributed by atoms with E-state index >= 15 is 0 Å². The molecule has 0 fully saturated rings. The van der Waals surface area contributed by atoms with Crippen molar-refractivity contribution in [1.82, 2.24) is 10.2 Å². The second kappa shape index (κ2) is 14.2. The number of halogens is 3. The maximum Gasteiger partial charge on any atom is 0.264 e. The van der Waals surface area contributed by atoms with Gasteiger partial charge in [-0.2, -0.15) is 0 Å². The van der Waals surface area contributed by atoms with Crippen LogP contribution < -0.4 is 9.62 Å². The zero-order valence-electron chi connectivity index (χ0n) is 22.6. The number of hydrogen-bond donors (Lipinski definition) is 1. The second-order valence-electron chi connectivity index (χ2n) is 9.37. The van der Waals surface area contributed by atoms with Crippen LogP contribution in [0.4, 0.5) is 5.69 Å². The van der Waals surface area contributed by atoms with Gasteiger partial charge in [0, 0.05) is 24.5 Å². The highest BCUT2D eigenvalue weighted by atomic mass is 79.9. The Hall–Kier alpha value is -3.37. The first-order valence-corrected chi connectivity index (χ1v) is 15.9. The number of nitrogens with one attached hydrogen (secondary N) is 1. The van der Waals surface area contributed by atoms with E-state index in [1.807, 2.05) is 54.6 Å². The Bertz CT molecular complexity index is 1640. The number of benzene rings is 4. The molecule has 0 aliphatic carbocycles. The summed E-state index contributed by atoms with van der Waals surface area (Å²) in [5.41, 5.74) is 1.64. The predicted octanol–water partition coefficient (Wildman–Crippen LogP) is 6.34. The van der Waals surface area contributed by atoms with Gasteiger partial charge < -0.3 is 10.2 Å². The van der Waals surface area contributed by atoms with E-state index in [1.54, 1.807) is 24.3 Å². The van der Waals surface area contributed by atoms with E-state index in [9.17, 15) is 18.0 Å². The van der Waals surface area contributed by atoms with Gasteiger partial charge in [0.25, 0.3) is 10.0 Å². The molecule has 4 rings (SSSR count). The van der Waals surface area contributed by atoms with Crippen molar-refractivity contribution in [1.29, 1.82) is 0 Å². The first kappa shape index (κ1) is 31.6. The van der Waals surface area contributed by atoms with Gasteiger partial charge >= 0.3 is 0 Å². The Kier molecular flexibility index (Phi) is 10.7. The van der Waals surface area contributed by atoms with Crippen LogP contribution >= 0.6 is 39.1 Å². The van der Waals surface area contributed by atoms with E-state index in [-0.39, 0.29) is 39.5 Å². The summed E-state index contributed by atoms with van der Waals surface area (Å²) >= 11 is 16.2. The summed E-state index contributed by atoms with van der Waals surface area (Å²) < 4.78 is 29.7. The molecular formula is C31H28BrCl2N3O4S. The molecule has 0 radical (unpaired) electrons. The van der Waals surface area contributed by atoms with Crippen molar-refractivity contribution < 1.29 is 18.0 Å². The number of rotatable bonds is 11. The third kappa shape index (κ3) is 7.52. The lowest BCUT2D eigenvalue weighted by Crippen LogP contribution is -2.53. The third-order valence-electron chi connectivity index (χ3n) is 6.59. The molecule has 1 N–H and O–H groups in total. The summed E-state index contributed by atoms with van der Waals surface area (Å²) in [7, 11) is -2.77. The van der Waals surface area contributed by atoms with Crippen molar-refractivity contribution in [2.24, 2.45) is 0 Å². The standard InChI is InChI=1S/C31H28BrCl2N3O4S/c1-35-31(39)28(19-22-9-4-2-5-10-22)36(20-23-15-17-24(32)18-16-23)29(38)21-37(27-14-8-13-26(33)30(27)34)42(40,41)25-11-6-3-7-12-25/h2-18,28H,19-21H2,1H3,(H,35,39)/t28-/m0/s1. The van der Waals surface area contributed by atoms with Crippen molar-refractivity contribution in [3.63, 3.8) is 0 Å². The Morgan fingerprint density at radius 2 is 1.45 bits per heavy atom. The maximum absolute atomic E-state index is 14.3. The highest BCUT2D eigenvalue weighted by Gasteiger charge is 2.35.